The molecule has 0 amide bonds. The Balaban J connectivity index is 1.43. The summed E-state index contributed by atoms with van der Waals surface area (Å²) in [5, 5.41) is 0. The summed E-state index contributed by atoms with van der Waals surface area (Å²) in [6.07, 6.45) is 60.5. The van der Waals surface area contributed by atoms with Crippen molar-refractivity contribution in [3.8, 4) is 0 Å². The van der Waals surface area contributed by atoms with Gasteiger partial charge in [0.25, 0.3) is 0 Å². The Morgan fingerprint density at radius 2 is 0.588 bits per heavy atom. The van der Waals surface area contributed by atoms with E-state index in [4.69, 9.17) is 33.2 Å². The molecule has 85 heavy (non-hydrogen) atoms. The van der Waals surface area contributed by atoms with E-state index < -0.39 is 5.60 Å². The highest BCUT2D eigenvalue weighted by Crippen LogP contribution is 2.40. The van der Waals surface area contributed by atoms with Gasteiger partial charge in [-0.05, 0) is 87.3 Å². The van der Waals surface area contributed by atoms with Gasteiger partial charge in [0.2, 0.25) is 0 Å². The minimum absolute atomic E-state index is 0.0118. The maximum absolute atomic E-state index is 6.87. The predicted octanol–water partition coefficient (Wildman–Crippen LogP) is 22.2. The minimum Gasteiger partial charge on any atom is -0.379 e. The summed E-state index contributed by atoms with van der Waals surface area (Å²) in [4.78, 5) is 0. The smallest absolute Gasteiger partial charge is 0.143 e. The number of hydrogen-bond donors (Lipinski definition) is 0. The fraction of sp³-hybridized carbons (Fsp3) is 0.718. The van der Waals surface area contributed by atoms with Crippen LogP contribution in [-0.2, 0) is 38.8 Å². The van der Waals surface area contributed by atoms with Crippen molar-refractivity contribution in [2.24, 2.45) is 0 Å². The summed E-state index contributed by atoms with van der Waals surface area (Å²) in [5.74, 6) is 0. The molecule has 0 aromatic heterocycles. The lowest BCUT2D eigenvalue weighted by Gasteiger charge is -2.36. The van der Waals surface area contributed by atoms with Gasteiger partial charge in [-0.3, -0.25) is 0 Å². The highest BCUT2D eigenvalue weighted by molar-refractivity contribution is 5.47. The largest absolute Gasteiger partial charge is 0.379 e. The molecule has 0 bridgehead atoms. The molecule has 7 heteroatoms. The Morgan fingerprint density at radius 1 is 0.282 bits per heavy atom. The monoisotopic (exact) mass is 1180 g/mol. The second-order valence-corrected chi connectivity index (χ2v) is 24.2. The summed E-state index contributed by atoms with van der Waals surface area (Å²) in [6.45, 7) is 13.0. The first-order chi connectivity index (χ1) is 42.3. The molecule has 0 fully saturated rings. The second-order valence-electron chi connectivity index (χ2n) is 24.2. The van der Waals surface area contributed by atoms with Gasteiger partial charge in [0.1, 0.15) is 11.7 Å². The molecule has 0 aliphatic heterocycles. The molecule has 3 aromatic rings. The molecular formula is C78H130O7. The van der Waals surface area contributed by atoms with Crippen molar-refractivity contribution in [2.75, 3.05) is 72.7 Å². The lowest BCUT2D eigenvalue weighted by Crippen LogP contribution is -2.37. The van der Waals surface area contributed by atoms with Crippen LogP contribution in [0.3, 0.4) is 0 Å². The van der Waals surface area contributed by atoms with Gasteiger partial charge in [-0.1, -0.05) is 316 Å². The summed E-state index contributed by atoms with van der Waals surface area (Å²) >= 11 is 0. The molecule has 0 spiro atoms. The van der Waals surface area contributed by atoms with Crippen molar-refractivity contribution in [1.29, 1.82) is 0 Å². The third kappa shape index (κ3) is 40.9. The van der Waals surface area contributed by atoms with Crippen LogP contribution in [0.1, 0.15) is 288 Å². The minimum atomic E-state index is -0.757. The van der Waals surface area contributed by atoms with Crippen molar-refractivity contribution in [1.82, 2.24) is 0 Å². The molecule has 0 saturated heterocycles. The first-order valence-electron chi connectivity index (χ1n) is 35.9. The zero-order valence-electron chi connectivity index (χ0n) is 55.3. The number of hydrogen-bond acceptors (Lipinski definition) is 7. The van der Waals surface area contributed by atoms with Crippen molar-refractivity contribution in [3.05, 3.63) is 132 Å². The molecule has 2 unspecified atom stereocenters. The molecule has 0 aliphatic carbocycles. The third-order valence-corrected chi connectivity index (χ3v) is 16.7. The van der Waals surface area contributed by atoms with Gasteiger partial charge in [-0.25, -0.2) is 0 Å². The zero-order valence-corrected chi connectivity index (χ0v) is 55.3. The Hall–Kier alpha value is -3.14. The molecule has 0 aliphatic rings. The van der Waals surface area contributed by atoms with E-state index in [1.54, 1.807) is 0 Å². The van der Waals surface area contributed by atoms with E-state index in [1.165, 1.54) is 225 Å². The molecule has 3 rings (SSSR count). The number of allylic oxidation sites excluding steroid dienone is 4. The van der Waals surface area contributed by atoms with E-state index >= 15 is 0 Å². The fourth-order valence-corrected chi connectivity index (χ4v) is 11.5. The molecule has 0 N–H and O–H groups in total. The zero-order chi connectivity index (χ0) is 60.1. The summed E-state index contributed by atoms with van der Waals surface area (Å²) < 4.78 is 45.0. The van der Waals surface area contributed by atoms with Crippen molar-refractivity contribution in [2.45, 2.75) is 289 Å². The van der Waals surface area contributed by atoms with Crippen LogP contribution in [0.2, 0.25) is 0 Å². The molecular weight excluding hydrogens is 1050 g/mol. The molecule has 3 aromatic carbocycles. The Bertz CT molecular complexity index is 1760. The van der Waals surface area contributed by atoms with Gasteiger partial charge in [0, 0.05) is 13.2 Å². The van der Waals surface area contributed by atoms with E-state index in [0.29, 0.717) is 59.5 Å². The van der Waals surface area contributed by atoms with E-state index in [-0.39, 0.29) is 12.2 Å². The Morgan fingerprint density at radius 3 is 0.976 bits per heavy atom. The van der Waals surface area contributed by atoms with Crippen LogP contribution in [0.4, 0.5) is 0 Å². The quantitative estimate of drug-likeness (QED) is 0.0317. The van der Waals surface area contributed by atoms with Gasteiger partial charge in [-0.2, -0.15) is 0 Å². The van der Waals surface area contributed by atoms with Crippen LogP contribution in [0, 0.1) is 0 Å². The number of benzene rings is 3. The first-order valence-corrected chi connectivity index (χ1v) is 35.9. The molecule has 2 atom stereocenters. The molecule has 7 nitrogen and oxygen atoms in total. The molecule has 484 valence electrons. The maximum atomic E-state index is 6.87. The SMILES string of the molecule is CCCCCCCC/C=C\CCCCCCCCOCC(OCCCCCCCC/C=C\CCCCCCCC)C(CCCCCCCCCCCC)OCCOCCOCCOCCOC(c1ccccc1)(c1ccccc1)c1ccccc1. The van der Waals surface area contributed by atoms with E-state index in [2.05, 4.69) is 118 Å². The van der Waals surface area contributed by atoms with Gasteiger partial charge >= 0.3 is 0 Å². The third-order valence-electron chi connectivity index (χ3n) is 16.7. The second kappa shape index (κ2) is 58.5. The molecule has 0 radical (unpaired) electrons. The topological polar surface area (TPSA) is 64.6 Å². The van der Waals surface area contributed by atoms with E-state index in [0.717, 1.165) is 55.6 Å². The first kappa shape index (κ1) is 76.1. The van der Waals surface area contributed by atoms with E-state index in [1.807, 2.05) is 18.2 Å². The standard InChI is InChI=1S/C78H130O7/c1-4-7-10-13-16-19-22-24-26-28-30-32-35-38-41-53-62-82-72-77(83-63-54-42-39-36-33-31-29-27-25-23-20-17-14-11-8-5-2)76(61-52-40-37-34-21-18-15-12-9-6-3)84-70-68-80-66-64-79-65-67-81-69-71-85-78(73-55-46-43-47-56-73,74-57-48-44-49-58-74)75-59-50-45-51-60-75/h24-27,43-51,55-60,76-77H,4-23,28-42,52-54,61-72H2,1-3H3/b26-24-,27-25-. The molecule has 0 heterocycles. The van der Waals surface area contributed by atoms with Crippen molar-refractivity contribution >= 4 is 0 Å². The lowest BCUT2D eigenvalue weighted by atomic mass is 9.80. The van der Waals surface area contributed by atoms with E-state index in [9.17, 15) is 0 Å². The average molecular weight is 1180 g/mol. The number of rotatable bonds is 64. The average Bonchev–Trinajstić information content (AvgIpc) is 3.44. The highest BCUT2D eigenvalue weighted by atomic mass is 16.6. The normalized spacial score (nSPS) is 12.8. The van der Waals surface area contributed by atoms with Gasteiger partial charge in [-0.15, -0.1) is 0 Å². The van der Waals surface area contributed by atoms with Crippen LogP contribution < -0.4 is 0 Å². The summed E-state index contributed by atoms with van der Waals surface area (Å²) in [7, 11) is 0. The Kier molecular flexibility index (Phi) is 52.4. The van der Waals surface area contributed by atoms with Crippen LogP contribution in [0.25, 0.3) is 0 Å². The van der Waals surface area contributed by atoms with Crippen LogP contribution in [0.5, 0.6) is 0 Å². The number of unbranched alkanes of at least 4 members (excludes halogenated alkanes) is 33. The highest BCUT2D eigenvalue weighted by Gasteiger charge is 2.37. The van der Waals surface area contributed by atoms with Gasteiger partial charge < -0.3 is 33.2 Å². The lowest BCUT2D eigenvalue weighted by molar-refractivity contribution is -0.116. The number of ether oxygens (including phenoxy) is 7. The predicted molar refractivity (Wildman–Crippen MR) is 363 cm³/mol. The summed E-state index contributed by atoms with van der Waals surface area (Å²) in [6, 6.07) is 31.5. The van der Waals surface area contributed by atoms with Gasteiger partial charge in [0.05, 0.1) is 65.6 Å². The summed E-state index contributed by atoms with van der Waals surface area (Å²) in [5.41, 5.74) is 2.50. The maximum Gasteiger partial charge on any atom is 0.143 e. The van der Waals surface area contributed by atoms with Crippen molar-refractivity contribution < 1.29 is 33.2 Å². The van der Waals surface area contributed by atoms with Crippen molar-refractivity contribution in [3.63, 3.8) is 0 Å². The fourth-order valence-electron chi connectivity index (χ4n) is 11.5. The van der Waals surface area contributed by atoms with Crippen LogP contribution in [0.15, 0.2) is 115 Å². The molecule has 0 saturated carbocycles. The van der Waals surface area contributed by atoms with Crippen LogP contribution in [-0.4, -0.2) is 84.9 Å². The van der Waals surface area contributed by atoms with Crippen LogP contribution >= 0.6 is 0 Å². The van der Waals surface area contributed by atoms with Gasteiger partial charge in [0.15, 0.2) is 0 Å². The Labute approximate surface area is 524 Å².